The second kappa shape index (κ2) is 6.15. The van der Waals surface area contributed by atoms with E-state index in [9.17, 15) is 4.79 Å². The van der Waals surface area contributed by atoms with E-state index in [0.717, 1.165) is 43.8 Å². The van der Waals surface area contributed by atoms with Crippen molar-refractivity contribution in [2.24, 2.45) is 23.2 Å². The van der Waals surface area contributed by atoms with Gasteiger partial charge in [0.05, 0.1) is 0 Å². The standard InChI is InChI=1S/C17H31N3O/c1-20(2)7-3-6-18-16(21)19-12-17-5-4-13-8-14(11-17)10-15(17)9-13/h13-15H,3-12H2,1-2H3,(H2,18,19,21). The highest BCUT2D eigenvalue weighted by atomic mass is 16.2. The second-order valence-electron chi connectivity index (χ2n) is 8.01. The molecule has 0 aromatic rings. The summed E-state index contributed by atoms with van der Waals surface area (Å²) < 4.78 is 0. The zero-order valence-electron chi connectivity index (χ0n) is 13.7. The fourth-order valence-corrected chi connectivity index (χ4v) is 5.23. The third-order valence-corrected chi connectivity index (χ3v) is 6.18. The van der Waals surface area contributed by atoms with Crippen LogP contribution in [0.4, 0.5) is 4.79 Å². The molecule has 0 heterocycles. The van der Waals surface area contributed by atoms with Crippen molar-refractivity contribution >= 4 is 6.03 Å². The molecule has 3 fully saturated rings. The maximum atomic E-state index is 12.0. The SMILES string of the molecule is CN(C)CCCNC(=O)NCC12CCC3CC(CC1C3)C2. The Labute approximate surface area is 129 Å². The molecule has 3 bridgehead atoms. The van der Waals surface area contributed by atoms with E-state index in [-0.39, 0.29) is 6.03 Å². The molecule has 3 aliphatic carbocycles. The number of rotatable bonds is 6. The number of nitrogens with one attached hydrogen (secondary N) is 2. The van der Waals surface area contributed by atoms with Gasteiger partial charge in [-0.2, -0.15) is 0 Å². The molecule has 4 atom stereocenters. The number of hydrogen-bond donors (Lipinski definition) is 2. The van der Waals surface area contributed by atoms with Crippen molar-refractivity contribution in [2.75, 3.05) is 33.7 Å². The first-order valence-corrected chi connectivity index (χ1v) is 8.74. The Morgan fingerprint density at radius 2 is 2.00 bits per heavy atom. The minimum Gasteiger partial charge on any atom is -0.338 e. The maximum Gasteiger partial charge on any atom is 0.314 e. The van der Waals surface area contributed by atoms with E-state index in [1.165, 1.54) is 38.5 Å². The first kappa shape index (κ1) is 15.1. The van der Waals surface area contributed by atoms with Crippen LogP contribution >= 0.6 is 0 Å². The van der Waals surface area contributed by atoms with Gasteiger partial charge in [0.25, 0.3) is 0 Å². The molecule has 4 heteroatoms. The summed E-state index contributed by atoms with van der Waals surface area (Å²) >= 11 is 0. The van der Waals surface area contributed by atoms with Crippen LogP contribution in [-0.4, -0.2) is 44.7 Å². The molecule has 0 spiro atoms. The molecule has 0 aromatic carbocycles. The van der Waals surface area contributed by atoms with Crippen molar-refractivity contribution in [1.82, 2.24) is 15.5 Å². The zero-order chi connectivity index (χ0) is 14.9. The summed E-state index contributed by atoms with van der Waals surface area (Å²) in [5.41, 5.74) is 0.443. The Morgan fingerprint density at radius 1 is 1.19 bits per heavy atom. The summed E-state index contributed by atoms with van der Waals surface area (Å²) in [6, 6.07) is 0.0340. The maximum absolute atomic E-state index is 12.0. The van der Waals surface area contributed by atoms with Gasteiger partial charge >= 0.3 is 6.03 Å². The Morgan fingerprint density at radius 3 is 2.81 bits per heavy atom. The lowest BCUT2D eigenvalue weighted by atomic mass is 9.64. The van der Waals surface area contributed by atoms with Crippen molar-refractivity contribution in [3.8, 4) is 0 Å². The van der Waals surface area contributed by atoms with Crippen molar-refractivity contribution in [2.45, 2.75) is 44.9 Å². The van der Waals surface area contributed by atoms with Crippen LogP contribution in [0.5, 0.6) is 0 Å². The first-order chi connectivity index (χ1) is 10.1. The molecule has 0 aromatic heterocycles. The van der Waals surface area contributed by atoms with Gasteiger partial charge in [0.15, 0.2) is 0 Å². The number of carbonyl (C=O) groups excluding carboxylic acids is 1. The first-order valence-electron chi connectivity index (χ1n) is 8.74. The summed E-state index contributed by atoms with van der Waals surface area (Å²) in [6.45, 7) is 2.70. The average Bonchev–Trinajstić information content (AvgIpc) is 2.61. The summed E-state index contributed by atoms with van der Waals surface area (Å²) in [5, 5.41) is 6.18. The highest BCUT2D eigenvalue weighted by Crippen LogP contribution is 2.61. The molecule has 3 rings (SSSR count). The van der Waals surface area contributed by atoms with Gasteiger partial charge in [-0.15, -0.1) is 0 Å². The minimum absolute atomic E-state index is 0.0340. The van der Waals surface area contributed by atoms with Gasteiger partial charge in [0.1, 0.15) is 0 Å². The van der Waals surface area contributed by atoms with E-state index in [0.29, 0.717) is 5.41 Å². The van der Waals surface area contributed by atoms with Crippen LogP contribution in [0.2, 0.25) is 0 Å². The van der Waals surface area contributed by atoms with E-state index in [4.69, 9.17) is 0 Å². The van der Waals surface area contributed by atoms with Crippen molar-refractivity contribution < 1.29 is 4.79 Å². The lowest BCUT2D eigenvalue weighted by Gasteiger charge is -2.42. The number of amides is 2. The molecule has 120 valence electrons. The summed E-state index contributed by atoms with van der Waals surface area (Å²) in [4.78, 5) is 14.1. The molecule has 2 N–H and O–H groups in total. The fourth-order valence-electron chi connectivity index (χ4n) is 5.23. The van der Waals surface area contributed by atoms with Crippen LogP contribution in [0.3, 0.4) is 0 Å². The Bertz CT molecular complexity index is 384. The fraction of sp³-hybridized carbons (Fsp3) is 0.941. The summed E-state index contributed by atoms with van der Waals surface area (Å²) in [7, 11) is 4.13. The lowest BCUT2D eigenvalue weighted by Crippen LogP contribution is -2.46. The van der Waals surface area contributed by atoms with Gasteiger partial charge in [-0.3, -0.25) is 0 Å². The van der Waals surface area contributed by atoms with Gasteiger partial charge in [-0.25, -0.2) is 4.79 Å². The Hall–Kier alpha value is -0.770. The molecule has 4 nitrogen and oxygen atoms in total. The molecule has 21 heavy (non-hydrogen) atoms. The average molecular weight is 293 g/mol. The van der Waals surface area contributed by atoms with Crippen LogP contribution in [0.25, 0.3) is 0 Å². The van der Waals surface area contributed by atoms with Crippen LogP contribution in [0.15, 0.2) is 0 Å². The lowest BCUT2D eigenvalue weighted by molar-refractivity contribution is 0.0912. The molecule has 3 saturated carbocycles. The van der Waals surface area contributed by atoms with Gasteiger partial charge in [-0.05, 0) is 88.8 Å². The predicted octanol–water partition coefficient (Wildman–Crippen LogP) is 2.45. The smallest absolute Gasteiger partial charge is 0.314 e. The van der Waals surface area contributed by atoms with Crippen LogP contribution < -0.4 is 10.6 Å². The largest absolute Gasteiger partial charge is 0.338 e. The molecule has 4 unspecified atom stereocenters. The van der Waals surface area contributed by atoms with E-state index in [2.05, 4.69) is 29.6 Å². The Kier molecular flexibility index (Phi) is 4.43. The minimum atomic E-state index is 0.0340. The van der Waals surface area contributed by atoms with Gasteiger partial charge in [-0.1, -0.05) is 0 Å². The molecule has 3 aliphatic rings. The molecular formula is C17H31N3O. The van der Waals surface area contributed by atoms with E-state index in [1.54, 1.807) is 0 Å². The quantitative estimate of drug-likeness (QED) is 0.739. The monoisotopic (exact) mass is 293 g/mol. The number of nitrogens with zero attached hydrogens (tertiary/aromatic N) is 1. The number of urea groups is 1. The number of hydrogen-bond acceptors (Lipinski definition) is 2. The molecule has 0 radical (unpaired) electrons. The van der Waals surface area contributed by atoms with Gasteiger partial charge in [0.2, 0.25) is 0 Å². The van der Waals surface area contributed by atoms with E-state index < -0.39 is 0 Å². The summed E-state index contributed by atoms with van der Waals surface area (Å²) in [5.74, 6) is 2.86. The van der Waals surface area contributed by atoms with Crippen LogP contribution in [0, 0.1) is 23.2 Å². The third kappa shape index (κ3) is 3.36. The molecule has 0 saturated heterocycles. The number of carbonyl (C=O) groups is 1. The van der Waals surface area contributed by atoms with Crippen LogP contribution in [-0.2, 0) is 0 Å². The second-order valence-corrected chi connectivity index (χ2v) is 8.01. The summed E-state index contributed by atoms with van der Waals surface area (Å²) in [6.07, 6.45) is 9.46. The van der Waals surface area contributed by atoms with E-state index >= 15 is 0 Å². The van der Waals surface area contributed by atoms with Gasteiger partial charge < -0.3 is 15.5 Å². The molecule has 2 amide bonds. The Balaban J connectivity index is 1.41. The predicted molar refractivity (Wildman–Crippen MR) is 85.2 cm³/mol. The van der Waals surface area contributed by atoms with Crippen molar-refractivity contribution in [3.63, 3.8) is 0 Å². The molecular weight excluding hydrogens is 262 g/mol. The van der Waals surface area contributed by atoms with Crippen LogP contribution in [0.1, 0.15) is 44.9 Å². The van der Waals surface area contributed by atoms with Crippen molar-refractivity contribution in [3.05, 3.63) is 0 Å². The highest BCUT2D eigenvalue weighted by Gasteiger charge is 2.53. The number of fused-ring (bicyclic) bond motifs is 2. The third-order valence-electron chi connectivity index (χ3n) is 6.18. The topological polar surface area (TPSA) is 44.4 Å². The van der Waals surface area contributed by atoms with Crippen molar-refractivity contribution in [1.29, 1.82) is 0 Å². The molecule has 0 aliphatic heterocycles. The van der Waals surface area contributed by atoms with Gasteiger partial charge in [0, 0.05) is 13.1 Å². The highest BCUT2D eigenvalue weighted by molar-refractivity contribution is 5.73. The zero-order valence-corrected chi connectivity index (χ0v) is 13.7. The van der Waals surface area contributed by atoms with E-state index in [1.807, 2.05) is 0 Å². The normalized spacial score (nSPS) is 37.0.